The van der Waals surface area contributed by atoms with Gasteiger partial charge in [0.1, 0.15) is 5.69 Å². The van der Waals surface area contributed by atoms with Crippen molar-refractivity contribution in [2.24, 2.45) is 0 Å². The lowest BCUT2D eigenvalue weighted by atomic mass is 10.0. The summed E-state index contributed by atoms with van der Waals surface area (Å²) in [6.07, 6.45) is 4.16. The van der Waals surface area contributed by atoms with Gasteiger partial charge in [-0.1, -0.05) is 0 Å². The maximum atomic E-state index is 11.2. The van der Waals surface area contributed by atoms with E-state index < -0.39 is 0 Å². The van der Waals surface area contributed by atoms with Crippen molar-refractivity contribution in [1.82, 2.24) is 9.88 Å². The van der Waals surface area contributed by atoms with Crippen LogP contribution in [0.15, 0.2) is 18.3 Å². The largest absolute Gasteiger partial charge is 0.370 e. The molecule has 0 unspecified atom stereocenters. The first-order valence-electron chi connectivity index (χ1n) is 6.46. The van der Waals surface area contributed by atoms with Gasteiger partial charge in [-0.05, 0) is 45.1 Å². The summed E-state index contributed by atoms with van der Waals surface area (Å²) in [7, 11) is 4.28. The zero-order valence-electron chi connectivity index (χ0n) is 11.4. The lowest BCUT2D eigenvalue weighted by Gasteiger charge is -2.36. The Kier molecular flexibility index (Phi) is 3.97. The van der Waals surface area contributed by atoms with E-state index in [1.807, 2.05) is 12.1 Å². The van der Waals surface area contributed by atoms with Crippen LogP contribution < -0.4 is 4.90 Å². The fraction of sp³-hybridized carbons (Fsp3) is 0.571. The van der Waals surface area contributed by atoms with Crippen molar-refractivity contribution in [2.75, 3.05) is 32.1 Å². The van der Waals surface area contributed by atoms with Crippen molar-refractivity contribution in [1.29, 1.82) is 0 Å². The van der Waals surface area contributed by atoms with Gasteiger partial charge in [-0.2, -0.15) is 0 Å². The summed E-state index contributed by atoms with van der Waals surface area (Å²) in [6.45, 7) is 3.84. The molecule has 4 nitrogen and oxygen atoms in total. The second kappa shape index (κ2) is 5.48. The number of carbonyl (C=O) groups excluding carboxylic acids is 1. The maximum absolute atomic E-state index is 11.2. The van der Waals surface area contributed by atoms with Crippen molar-refractivity contribution in [3.05, 3.63) is 24.0 Å². The number of aromatic nitrogens is 1. The maximum Gasteiger partial charge on any atom is 0.178 e. The highest BCUT2D eigenvalue weighted by Crippen LogP contribution is 2.21. The molecule has 1 saturated heterocycles. The van der Waals surface area contributed by atoms with Gasteiger partial charge in [0.15, 0.2) is 5.78 Å². The second-order valence-corrected chi connectivity index (χ2v) is 5.10. The summed E-state index contributed by atoms with van der Waals surface area (Å²) >= 11 is 0. The Bertz CT molecular complexity index is 408. The van der Waals surface area contributed by atoms with E-state index in [4.69, 9.17) is 0 Å². The van der Waals surface area contributed by atoms with Gasteiger partial charge >= 0.3 is 0 Å². The molecule has 0 N–H and O–H groups in total. The molecule has 0 spiro atoms. The molecule has 2 rings (SSSR count). The molecule has 2 heterocycles. The van der Waals surface area contributed by atoms with Crippen LogP contribution in [0, 0.1) is 0 Å². The van der Waals surface area contributed by atoms with E-state index in [9.17, 15) is 4.79 Å². The lowest BCUT2D eigenvalue weighted by molar-refractivity contribution is 0.101. The van der Waals surface area contributed by atoms with Crippen LogP contribution in [0.1, 0.15) is 30.3 Å². The standard InChI is InChI=1S/C14H21N3O/c1-11(18)14-5-4-13(10-15-14)17(3)12-6-8-16(2)9-7-12/h4-5,10,12H,6-9H2,1-3H3. The molecule has 1 aliphatic rings. The third-order valence-electron chi connectivity index (χ3n) is 3.75. The fourth-order valence-electron chi connectivity index (χ4n) is 2.40. The van der Waals surface area contributed by atoms with Crippen molar-refractivity contribution in [2.45, 2.75) is 25.8 Å². The molecular formula is C14H21N3O. The highest BCUT2D eigenvalue weighted by molar-refractivity contribution is 5.92. The molecule has 0 amide bonds. The number of pyridine rings is 1. The minimum atomic E-state index is 0.0171. The van der Waals surface area contributed by atoms with E-state index >= 15 is 0 Å². The average molecular weight is 247 g/mol. The molecule has 18 heavy (non-hydrogen) atoms. The molecule has 0 saturated carbocycles. The predicted octanol–water partition coefficient (Wildman–Crippen LogP) is 1.81. The number of ketones is 1. The first-order chi connectivity index (χ1) is 8.58. The van der Waals surface area contributed by atoms with E-state index in [-0.39, 0.29) is 5.78 Å². The van der Waals surface area contributed by atoms with Gasteiger partial charge in [-0.3, -0.25) is 9.78 Å². The molecular weight excluding hydrogens is 226 g/mol. The third kappa shape index (κ3) is 2.88. The zero-order chi connectivity index (χ0) is 13.1. The summed E-state index contributed by atoms with van der Waals surface area (Å²) < 4.78 is 0. The Morgan fingerprint density at radius 1 is 1.39 bits per heavy atom. The number of Topliss-reactive ketones (excluding diaryl/α,β-unsaturated/α-hetero) is 1. The van der Waals surface area contributed by atoms with E-state index in [0.29, 0.717) is 11.7 Å². The van der Waals surface area contributed by atoms with E-state index in [1.54, 1.807) is 13.1 Å². The van der Waals surface area contributed by atoms with Crippen LogP contribution in [-0.4, -0.2) is 48.9 Å². The van der Waals surface area contributed by atoms with Gasteiger partial charge in [0.2, 0.25) is 0 Å². The van der Waals surface area contributed by atoms with Crippen LogP contribution in [0.5, 0.6) is 0 Å². The predicted molar refractivity (Wildman–Crippen MR) is 73.2 cm³/mol. The van der Waals surface area contributed by atoms with Crippen LogP contribution >= 0.6 is 0 Å². The van der Waals surface area contributed by atoms with E-state index in [0.717, 1.165) is 18.8 Å². The van der Waals surface area contributed by atoms with Crippen LogP contribution in [0.4, 0.5) is 5.69 Å². The van der Waals surface area contributed by atoms with E-state index in [1.165, 1.54) is 12.8 Å². The number of piperidine rings is 1. The number of carbonyl (C=O) groups is 1. The normalized spacial score (nSPS) is 17.7. The lowest BCUT2D eigenvalue weighted by Crippen LogP contribution is -2.42. The number of hydrogen-bond acceptors (Lipinski definition) is 4. The van der Waals surface area contributed by atoms with Gasteiger partial charge < -0.3 is 9.80 Å². The highest BCUT2D eigenvalue weighted by atomic mass is 16.1. The number of likely N-dealkylation sites (tertiary alicyclic amines) is 1. The molecule has 1 aromatic rings. The molecule has 0 aromatic carbocycles. The SMILES string of the molecule is CC(=O)c1ccc(N(C)C2CCN(C)CC2)cn1. The summed E-state index contributed by atoms with van der Waals surface area (Å²) in [6, 6.07) is 4.37. The Balaban J connectivity index is 2.04. The smallest absolute Gasteiger partial charge is 0.178 e. The quantitative estimate of drug-likeness (QED) is 0.763. The van der Waals surface area contributed by atoms with Gasteiger partial charge in [0.25, 0.3) is 0 Å². The van der Waals surface area contributed by atoms with Crippen LogP contribution in [0.25, 0.3) is 0 Å². The van der Waals surface area contributed by atoms with Crippen molar-refractivity contribution in [3.63, 3.8) is 0 Å². The molecule has 1 aromatic heterocycles. The molecule has 1 aliphatic heterocycles. The van der Waals surface area contributed by atoms with Crippen molar-refractivity contribution in [3.8, 4) is 0 Å². The van der Waals surface area contributed by atoms with Crippen LogP contribution in [0.3, 0.4) is 0 Å². The molecule has 0 radical (unpaired) electrons. The molecule has 98 valence electrons. The van der Waals surface area contributed by atoms with Crippen LogP contribution in [0.2, 0.25) is 0 Å². The number of nitrogens with zero attached hydrogens (tertiary/aromatic N) is 3. The van der Waals surface area contributed by atoms with Gasteiger partial charge in [0.05, 0.1) is 11.9 Å². The Morgan fingerprint density at radius 3 is 2.56 bits per heavy atom. The molecule has 4 heteroatoms. The summed E-state index contributed by atoms with van der Waals surface area (Å²) in [4.78, 5) is 20.0. The Morgan fingerprint density at radius 2 is 2.06 bits per heavy atom. The third-order valence-corrected chi connectivity index (χ3v) is 3.75. The molecule has 0 bridgehead atoms. The highest BCUT2D eigenvalue weighted by Gasteiger charge is 2.20. The summed E-state index contributed by atoms with van der Waals surface area (Å²) in [5.41, 5.74) is 1.63. The van der Waals surface area contributed by atoms with E-state index in [2.05, 4.69) is 28.9 Å². The zero-order valence-corrected chi connectivity index (χ0v) is 11.4. The first kappa shape index (κ1) is 13.0. The topological polar surface area (TPSA) is 36.4 Å². The van der Waals surface area contributed by atoms with Gasteiger partial charge in [-0.25, -0.2) is 0 Å². The summed E-state index contributed by atoms with van der Waals surface area (Å²) in [5, 5.41) is 0. The van der Waals surface area contributed by atoms with Gasteiger partial charge in [0, 0.05) is 20.0 Å². The van der Waals surface area contributed by atoms with Crippen LogP contribution in [-0.2, 0) is 0 Å². The monoisotopic (exact) mass is 247 g/mol. The average Bonchev–Trinajstić information content (AvgIpc) is 2.39. The fourth-order valence-corrected chi connectivity index (χ4v) is 2.40. The number of anilines is 1. The second-order valence-electron chi connectivity index (χ2n) is 5.10. The van der Waals surface area contributed by atoms with Crippen molar-refractivity contribution < 1.29 is 4.79 Å². The van der Waals surface area contributed by atoms with Gasteiger partial charge in [-0.15, -0.1) is 0 Å². The first-order valence-corrected chi connectivity index (χ1v) is 6.46. The summed E-state index contributed by atoms with van der Waals surface area (Å²) in [5.74, 6) is 0.0171. The Labute approximate surface area is 109 Å². The number of rotatable bonds is 3. The molecule has 1 fully saturated rings. The number of hydrogen-bond donors (Lipinski definition) is 0. The Hall–Kier alpha value is -1.42. The molecule has 0 atom stereocenters. The minimum absolute atomic E-state index is 0.0171. The minimum Gasteiger partial charge on any atom is -0.370 e. The van der Waals surface area contributed by atoms with Crippen molar-refractivity contribution >= 4 is 11.5 Å². The molecule has 0 aliphatic carbocycles.